The van der Waals surface area contributed by atoms with Gasteiger partial charge in [0.25, 0.3) is 11.8 Å². The molecule has 41 heavy (non-hydrogen) atoms. The normalized spacial score (nSPS) is 12.7. The molecule has 11 heteroatoms. The Labute approximate surface area is 233 Å². The molecule has 0 saturated carbocycles. The molecule has 0 radical (unpaired) electrons. The van der Waals surface area contributed by atoms with Crippen LogP contribution >= 0.6 is 0 Å². The lowest BCUT2D eigenvalue weighted by molar-refractivity contribution is 0.0733. The molecule has 6 rings (SSSR count). The van der Waals surface area contributed by atoms with E-state index in [0.29, 0.717) is 45.4 Å². The molecule has 2 aliphatic rings. The molecule has 0 bridgehead atoms. The molecule has 0 atom stereocenters. The van der Waals surface area contributed by atoms with Crippen molar-refractivity contribution < 1.29 is 38.1 Å². The van der Waals surface area contributed by atoms with Crippen molar-refractivity contribution in [1.29, 1.82) is 0 Å². The van der Waals surface area contributed by atoms with Crippen molar-refractivity contribution in [1.82, 2.24) is 5.43 Å². The van der Waals surface area contributed by atoms with Crippen LogP contribution in [-0.2, 0) is 0 Å². The zero-order valence-electron chi connectivity index (χ0n) is 21.3. The second-order valence-corrected chi connectivity index (χ2v) is 8.80. The molecule has 2 N–H and O–H groups in total. The minimum absolute atomic E-state index is 0.0962. The van der Waals surface area contributed by atoms with Crippen LogP contribution < -0.4 is 34.4 Å². The standard InChI is InChI=1S/C30H21N3O8/c34-28(19-8-10-24-26(13-19)39-16-37-24)32-22-6-3-5-18(12-22)29(35)33-31-15-21-4-1-2-7-23(21)41-30(36)20-9-11-25-27(14-20)40-17-38-25/h1-15H,16-17H2,(H,32,34)(H,33,35). The molecule has 2 amide bonds. The number of para-hydroxylation sites is 1. The molecule has 0 saturated heterocycles. The highest BCUT2D eigenvalue weighted by atomic mass is 16.7. The molecule has 11 nitrogen and oxygen atoms in total. The first kappa shape index (κ1) is 25.4. The van der Waals surface area contributed by atoms with Crippen LogP contribution in [0.15, 0.2) is 90.0 Å². The molecule has 204 valence electrons. The summed E-state index contributed by atoms with van der Waals surface area (Å²) in [4.78, 5) is 38.1. The molecule has 0 aliphatic carbocycles. The van der Waals surface area contributed by atoms with Gasteiger partial charge in [0.15, 0.2) is 23.0 Å². The second kappa shape index (κ2) is 11.1. The van der Waals surface area contributed by atoms with Crippen molar-refractivity contribution in [3.8, 4) is 28.7 Å². The van der Waals surface area contributed by atoms with Crippen LogP contribution in [0.4, 0.5) is 5.69 Å². The number of esters is 1. The van der Waals surface area contributed by atoms with Gasteiger partial charge in [-0.15, -0.1) is 0 Å². The zero-order valence-corrected chi connectivity index (χ0v) is 21.3. The number of carbonyl (C=O) groups excluding carboxylic acids is 3. The number of rotatable bonds is 7. The first-order valence-electron chi connectivity index (χ1n) is 12.4. The number of anilines is 1. The summed E-state index contributed by atoms with van der Waals surface area (Å²) in [5, 5.41) is 6.77. The summed E-state index contributed by atoms with van der Waals surface area (Å²) < 4.78 is 26.7. The van der Waals surface area contributed by atoms with Crippen LogP contribution in [0.25, 0.3) is 0 Å². The fourth-order valence-electron chi connectivity index (χ4n) is 4.07. The van der Waals surface area contributed by atoms with E-state index < -0.39 is 11.9 Å². The first-order valence-corrected chi connectivity index (χ1v) is 12.4. The molecule has 0 unspecified atom stereocenters. The smallest absolute Gasteiger partial charge is 0.343 e. The van der Waals surface area contributed by atoms with E-state index in [9.17, 15) is 14.4 Å². The molecular weight excluding hydrogens is 530 g/mol. The quantitative estimate of drug-likeness (QED) is 0.150. The number of hydrogen-bond acceptors (Lipinski definition) is 9. The van der Waals surface area contributed by atoms with Crippen molar-refractivity contribution in [2.45, 2.75) is 0 Å². The van der Waals surface area contributed by atoms with E-state index in [2.05, 4.69) is 15.8 Å². The van der Waals surface area contributed by atoms with E-state index in [1.165, 1.54) is 12.3 Å². The third kappa shape index (κ3) is 5.64. The molecule has 0 spiro atoms. The third-order valence-corrected chi connectivity index (χ3v) is 6.12. The number of amides is 2. The van der Waals surface area contributed by atoms with E-state index >= 15 is 0 Å². The Bertz CT molecular complexity index is 1700. The van der Waals surface area contributed by atoms with E-state index in [1.54, 1.807) is 78.9 Å². The Kier molecular flexibility index (Phi) is 6.89. The molecule has 0 fully saturated rings. The van der Waals surface area contributed by atoms with E-state index in [-0.39, 0.29) is 30.8 Å². The van der Waals surface area contributed by atoms with E-state index in [1.807, 2.05) is 0 Å². The molecule has 4 aromatic rings. The maximum atomic E-state index is 12.7. The molecule has 4 aromatic carbocycles. The van der Waals surface area contributed by atoms with Crippen LogP contribution in [0.2, 0.25) is 0 Å². The lowest BCUT2D eigenvalue weighted by Gasteiger charge is -2.08. The summed E-state index contributed by atoms with van der Waals surface area (Å²) in [5.41, 5.74) is 4.27. The average molecular weight is 552 g/mol. The van der Waals surface area contributed by atoms with Gasteiger partial charge in [-0.25, -0.2) is 10.2 Å². The van der Waals surface area contributed by atoms with Crippen molar-refractivity contribution in [2.24, 2.45) is 5.10 Å². The number of ether oxygens (including phenoxy) is 5. The highest BCUT2D eigenvalue weighted by Gasteiger charge is 2.19. The van der Waals surface area contributed by atoms with Crippen molar-refractivity contribution in [3.63, 3.8) is 0 Å². The van der Waals surface area contributed by atoms with Crippen LogP contribution in [0.1, 0.15) is 36.6 Å². The molecular formula is C30H21N3O8. The Morgan fingerprint density at radius 2 is 1.34 bits per heavy atom. The summed E-state index contributed by atoms with van der Waals surface area (Å²) in [5.74, 6) is 0.880. The van der Waals surface area contributed by atoms with Gasteiger partial charge in [-0.1, -0.05) is 18.2 Å². The lowest BCUT2D eigenvalue weighted by Crippen LogP contribution is -2.18. The molecule has 2 heterocycles. The second-order valence-electron chi connectivity index (χ2n) is 8.80. The van der Waals surface area contributed by atoms with Gasteiger partial charge in [0.05, 0.1) is 11.8 Å². The monoisotopic (exact) mass is 551 g/mol. The number of hydrogen-bond donors (Lipinski definition) is 2. The fraction of sp³-hybridized carbons (Fsp3) is 0.0667. The van der Waals surface area contributed by atoms with Crippen molar-refractivity contribution in [3.05, 3.63) is 107 Å². The van der Waals surface area contributed by atoms with Gasteiger partial charge in [0.2, 0.25) is 13.6 Å². The van der Waals surface area contributed by atoms with Crippen molar-refractivity contribution >= 4 is 29.7 Å². The number of nitrogens with one attached hydrogen (secondary N) is 2. The lowest BCUT2D eigenvalue weighted by atomic mass is 10.1. The van der Waals surface area contributed by atoms with Crippen molar-refractivity contribution in [2.75, 3.05) is 18.9 Å². The summed E-state index contributed by atoms with van der Waals surface area (Å²) >= 11 is 0. The Balaban J connectivity index is 1.08. The number of carbonyl (C=O) groups is 3. The van der Waals surface area contributed by atoms with Gasteiger partial charge in [-0.05, 0) is 66.7 Å². The summed E-state index contributed by atoms with van der Waals surface area (Å²) in [7, 11) is 0. The Morgan fingerprint density at radius 3 is 2.12 bits per heavy atom. The predicted molar refractivity (Wildman–Crippen MR) is 146 cm³/mol. The van der Waals surface area contributed by atoms with E-state index in [0.717, 1.165) is 0 Å². The van der Waals surface area contributed by atoms with Crippen LogP contribution in [0.3, 0.4) is 0 Å². The van der Waals surface area contributed by atoms with Crippen LogP contribution in [-0.4, -0.2) is 37.6 Å². The third-order valence-electron chi connectivity index (χ3n) is 6.12. The van der Waals surface area contributed by atoms with Gasteiger partial charge in [-0.3, -0.25) is 9.59 Å². The topological polar surface area (TPSA) is 134 Å². The SMILES string of the molecule is O=C(NN=Cc1ccccc1OC(=O)c1ccc2c(c1)OCO2)c1cccc(NC(=O)c2ccc3c(c2)OCO3)c1. The number of fused-ring (bicyclic) bond motifs is 2. The first-order chi connectivity index (χ1) is 20.0. The average Bonchev–Trinajstić information content (AvgIpc) is 3.67. The molecule has 2 aliphatic heterocycles. The predicted octanol–water partition coefficient (Wildman–Crippen LogP) is 4.38. The highest BCUT2D eigenvalue weighted by Crippen LogP contribution is 2.34. The van der Waals surface area contributed by atoms with Gasteiger partial charge in [0, 0.05) is 22.4 Å². The van der Waals surface area contributed by atoms with Gasteiger partial charge >= 0.3 is 5.97 Å². The fourth-order valence-corrected chi connectivity index (χ4v) is 4.07. The van der Waals surface area contributed by atoms with Gasteiger partial charge in [0.1, 0.15) is 5.75 Å². The minimum atomic E-state index is -0.590. The number of nitrogens with zero attached hydrogens (tertiary/aromatic N) is 1. The zero-order chi connectivity index (χ0) is 28.2. The van der Waals surface area contributed by atoms with Gasteiger partial charge in [-0.2, -0.15) is 5.10 Å². The largest absolute Gasteiger partial charge is 0.454 e. The maximum absolute atomic E-state index is 12.7. The van der Waals surface area contributed by atoms with Crippen LogP contribution in [0.5, 0.6) is 28.7 Å². The van der Waals surface area contributed by atoms with E-state index in [4.69, 9.17) is 23.7 Å². The molecule has 0 aromatic heterocycles. The summed E-state index contributed by atoms with van der Waals surface area (Å²) in [6.07, 6.45) is 1.37. The summed E-state index contributed by atoms with van der Waals surface area (Å²) in [6, 6.07) is 22.8. The Hall–Kier alpha value is -5.84. The maximum Gasteiger partial charge on any atom is 0.343 e. The highest BCUT2D eigenvalue weighted by molar-refractivity contribution is 6.05. The minimum Gasteiger partial charge on any atom is -0.454 e. The number of hydrazone groups is 1. The van der Waals surface area contributed by atoms with Gasteiger partial charge < -0.3 is 29.0 Å². The number of benzene rings is 4. The Morgan fingerprint density at radius 1 is 0.683 bits per heavy atom. The van der Waals surface area contributed by atoms with Crippen LogP contribution in [0, 0.1) is 0 Å². The summed E-state index contributed by atoms with van der Waals surface area (Å²) in [6.45, 7) is 0.205.